The van der Waals surface area contributed by atoms with Crippen molar-refractivity contribution in [1.29, 1.82) is 0 Å². The Morgan fingerprint density at radius 3 is 2.53 bits per heavy atom. The molecule has 0 spiro atoms. The van der Waals surface area contributed by atoms with Gasteiger partial charge >= 0.3 is 0 Å². The van der Waals surface area contributed by atoms with Gasteiger partial charge in [0.2, 0.25) is 0 Å². The van der Waals surface area contributed by atoms with Crippen molar-refractivity contribution < 1.29 is 4.39 Å². The molecular weight excluding hydrogens is 257 g/mol. The van der Waals surface area contributed by atoms with Gasteiger partial charge in [0.1, 0.15) is 10.8 Å². The molecule has 0 N–H and O–H groups in total. The number of nitrogens with zero attached hydrogens (tertiary/aromatic N) is 1. The van der Waals surface area contributed by atoms with Crippen LogP contribution in [0.1, 0.15) is 5.56 Å². The molecule has 1 nitrogen and oxygen atoms in total. The summed E-state index contributed by atoms with van der Waals surface area (Å²) >= 11 is 1.54. The van der Waals surface area contributed by atoms with Crippen LogP contribution in [0.15, 0.2) is 53.9 Å². The van der Waals surface area contributed by atoms with Gasteiger partial charge in [-0.05, 0) is 30.7 Å². The summed E-state index contributed by atoms with van der Waals surface area (Å²) in [6, 6.07) is 15.0. The van der Waals surface area contributed by atoms with Crippen LogP contribution in [0.3, 0.4) is 0 Å². The van der Waals surface area contributed by atoms with Crippen LogP contribution in [0.2, 0.25) is 0 Å². The van der Waals surface area contributed by atoms with Crippen molar-refractivity contribution >= 4 is 11.3 Å². The third-order valence-corrected chi connectivity index (χ3v) is 3.75. The van der Waals surface area contributed by atoms with Gasteiger partial charge < -0.3 is 0 Å². The van der Waals surface area contributed by atoms with E-state index in [1.54, 1.807) is 0 Å². The molecule has 0 atom stereocenters. The van der Waals surface area contributed by atoms with E-state index in [2.05, 4.69) is 4.98 Å². The monoisotopic (exact) mass is 269 g/mol. The zero-order valence-electron chi connectivity index (χ0n) is 10.4. The van der Waals surface area contributed by atoms with Crippen molar-refractivity contribution in [1.82, 2.24) is 4.98 Å². The molecule has 0 bridgehead atoms. The van der Waals surface area contributed by atoms with Crippen LogP contribution in [0.4, 0.5) is 4.39 Å². The van der Waals surface area contributed by atoms with Gasteiger partial charge in [-0.3, -0.25) is 0 Å². The number of hydrogen-bond acceptors (Lipinski definition) is 2. The van der Waals surface area contributed by atoms with Gasteiger partial charge in [-0.1, -0.05) is 30.3 Å². The zero-order chi connectivity index (χ0) is 13.2. The molecule has 3 aromatic rings. The minimum absolute atomic E-state index is 0.216. The average molecular weight is 269 g/mol. The average Bonchev–Trinajstić information content (AvgIpc) is 2.88. The molecule has 1 heterocycles. The SMILES string of the molecule is Cc1cc(F)cc(-c2nc(-c3ccccc3)cs2)c1. The normalized spacial score (nSPS) is 10.6. The van der Waals surface area contributed by atoms with E-state index in [1.807, 2.05) is 48.7 Å². The van der Waals surface area contributed by atoms with E-state index in [0.29, 0.717) is 0 Å². The van der Waals surface area contributed by atoms with Gasteiger partial charge in [0.05, 0.1) is 5.69 Å². The van der Waals surface area contributed by atoms with Gasteiger partial charge in [0, 0.05) is 16.5 Å². The number of rotatable bonds is 2. The van der Waals surface area contributed by atoms with Crippen molar-refractivity contribution in [3.63, 3.8) is 0 Å². The predicted molar refractivity (Wildman–Crippen MR) is 77.7 cm³/mol. The van der Waals surface area contributed by atoms with Crippen LogP contribution >= 0.6 is 11.3 Å². The first-order chi connectivity index (χ1) is 9.22. The zero-order valence-corrected chi connectivity index (χ0v) is 11.2. The fourth-order valence-corrected chi connectivity index (χ4v) is 2.82. The van der Waals surface area contributed by atoms with Crippen LogP contribution in [-0.4, -0.2) is 4.98 Å². The first-order valence-corrected chi connectivity index (χ1v) is 6.89. The lowest BCUT2D eigenvalue weighted by Gasteiger charge is -1.99. The Kier molecular flexibility index (Phi) is 3.13. The van der Waals surface area contributed by atoms with Crippen molar-refractivity contribution in [3.05, 3.63) is 65.3 Å². The number of aryl methyl sites for hydroxylation is 1. The number of hydrogen-bond donors (Lipinski definition) is 0. The highest BCUT2D eigenvalue weighted by Crippen LogP contribution is 2.29. The minimum Gasteiger partial charge on any atom is -0.236 e. The molecule has 0 aliphatic rings. The lowest BCUT2D eigenvalue weighted by molar-refractivity contribution is 0.627. The van der Waals surface area contributed by atoms with Crippen LogP contribution in [-0.2, 0) is 0 Å². The number of benzene rings is 2. The second-order valence-electron chi connectivity index (χ2n) is 4.42. The Morgan fingerprint density at radius 2 is 1.79 bits per heavy atom. The molecule has 0 saturated carbocycles. The molecule has 3 heteroatoms. The fraction of sp³-hybridized carbons (Fsp3) is 0.0625. The van der Waals surface area contributed by atoms with Gasteiger partial charge in [-0.2, -0.15) is 0 Å². The van der Waals surface area contributed by atoms with Crippen molar-refractivity contribution in [3.8, 4) is 21.8 Å². The quantitative estimate of drug-likeness (QED) is 0.643. The largest absolute Gasteiger partial charge is 0.236 e. The Balaban J connectivity index is 2.02. The lowest BCUT2D eigenvalue weighted by atomic mass is 10.1. The number of halogens is 1. The van der Waals surface area contributed by atoms with Crippen LogP contribution in [0.5, 0.6) is 0 Å². The maximum absolute atomic E-state index is 13.4. The third-order valence-electron chi connectivity index (χ3n) is 2.86. The summed E-state index contributed by atoms with van der Waals surface area (Å²) in [4.78, 5) is 4.58. The molecule has 0 unspecified atom stereocenters. The van der Waals surface area contributed by atoms with Crippen molar-refractivity contribution in [2.24, 2.45) is 0 Å². The van der Waals surface area contributed by atoms with Gasteiger partial charge in [0.15, 0.2) is 0 Å². The molecule has 3 rings (SSSR count). The molecule has 0 amide bonds. The highest BCUT2D eigenvalue weighted by Gasteiger charge is 2.07. The second kappa shape index (κ2) is 4.94. The van der Waals surface area contributed by atoms with E-state index < -0.39 is 0 Å². The molecule has 2 aromatic carbocycles. The highest BCUT2D eigenvalue weighted by atomic mass is 32.1. The number of thiazole rings is 1. The lowest BCUT2D eigenvalue weighted by Crippen LogP contribution is -1.83. The summed E-state index contributed by atoms with van der Waals surface area (Å²) in [7, 11) is 0. The topological polar surface area (TPSA) is 12.9 Å². The molecule has 19 heavy (non-hydrogen) atoms. The molecular formula is C16H12FNS. The summed E-state index contributed by atoms with van der Waals surface area (Å²) in [6.07, 6.45) is 0. The highest BCUT2D eigenvalue weighted by molar-refractivity contribution is 7.13. The minimum atomic E-state index is -0.216. The van der Waals surface area contributed by atoms with Gasteiger partial charge in [-0.15, -0.1) is 11.3 Å². The first kappa shape index (κ1) is 12.1. The maximum Gasteiger partial charge on any atom is 0.124 e. The Labute approximate surface area is 115 Å². The molecule has 0 aliphatic carbocycles. The molecule has 0 saturated heterocycles. The first-order valence-electron chi connectivity index (χ1n) is 6.01. The van der Waals surface area contributed by atoms with Gasteiger partial charge in [0.25, 0.3) is 0 Å². The van der Waals surface area contributed by atoms with Crippen molar-refractivity contribution in [2.45, 2.75) is 6.92 Å². The van der Waals surface area contributed by atoms with Crippen LogP contribution in [0, 0.1) is 12.7 Å². The summed E-state index contributed by atoms with van der Waals surface area (Å²) in [5, 5.41) is 2.85. The third kappa shape index (κ3) is 2.56. The van der Waals surface area contributed by atoms with E-state index in [1.165, 1.54) is 23.5 Å². The summed E-state index contributed by atoms with van der Waals surface area (Å²) in [5.41, 5.74) is 3.76. The second-order valence-corrected chi connectivity index (χ2v) is 5.28. The standard InChI is InChI=1S/C16H12FNS/c1-11-7-13(9-14(17)8-11)16-18-15(10-19-16)12-5-3-2-4-6-12/h2-10H,1H3. The molecule has 0 aliphatic heterocycles. The van der Waals surface area contributed by atoms with Gasteiger partial charge in [-0.25, -0.2) is 9.37 Å². The van der Waals surface area contributed by atoms with Crippen molar-refractivity contribution in [2.75, 3.05) is 0 Å². The van der Waals surface area contributed by atoms with E-state index in [9.17, 15) is 4.39 Å². The Morgan fingerprint density at radius 1 is 1.00 bits per heavy atom. The molecule has 1 aromatic heterocycles. The van der Waals surface area contributed by atoms with Crippen LogP contribution in [0.25, 0.3) is 21.8 Å². The van der Waals surface area contributed by atoms with E-state index in [-0.39, 0.29) is 5.82 Å². The Hall–Kier alpha value is -2.00. The fourth-order valence-electron chi connectivity index (χ4n) is 2.01. The predicted octanol–water partition coefficient (Wildman–Crippen LogP) is 4.92. The maximum atomic E-state index is 13.4. The smallest absolute Gasteiger partial charge is 0.124 e. The summed E-state index contributed by atoms with van der Waals surface area (Å²) in [5.74, 6) is -0.216. The Bertz CT molecular complexity index is 684. The van der Waals surface area contributed by atoms with E-state index in [0.717, 1.165) is 27.4 Å². The van der Waals surface area contributed by atoms with E-state index >= 15 is 0 Å². The van der Waals surface area contributed by atoms with Crippen LogP contribution < -0.4 is 0 Å². The summed E-state index contributed by atoms with van der Waals surface area (Å²) < 4.78 is 13.4. The summed E-state index contributed by atoms with van der Waals surface area (Å²) in [6.45, 7) is 1.89. The molecule has 94 valence electrons. The number of aromatic nitrogens is 1. The van der Waals surface area contributed by atoms with E-state index in [4.69, 9.17) is 0 Å². The molecule has 0 fully saturated rings. The molecule has 0 radical (unpaired) electrons.